The Balaban J connectivity index is 1.79. The van der Waals surface area contributed by atoms with Gasteiger partial charge in [-0.15, -0.1) is 0 Å². The molecule has 0 atom stereocenters. The molecule has 0 spiro atoms. The van der Waals surface area contributed by atoms with Crippen molar-refractivity contribution >= 4 is 17.2 Å². The summed E-state index contributed by atoms with van der Waals surface area (Å²) in [6, 6.07) is 10.4. The molecule has 6 heteroatoms. The molecule has 0 unspecified atom stereocenters. The van der Waals surface area contributed by atoms with Gasteiger partial charge in [0.25, 0.3) is 0 Å². The average molecular weight is 327 g/mol. The van der Waals surface area contributed by atoms with Gasteiger partial charge in [0.15, 0.2) is 0 Å². The third-order valence-electron chi connectivity index (χ3n) is 3.73. The number of hydrogen-bond acceptors (Lipinski definition) is 2. The van der Waals surface area contributed by atoms with E-state index in [9.17, 15) is 4.39 Å². The Kier molecular flexibility index (Phi) is 3.35. The topological polar surface area (TPSA) is 35.1 Å². The highest BCUT2D eigenvalue weighted by Crippen LogP contribution is 2.29. The van der Waals surface area contributed by atoms with E-state index in [1.807, 2.05) is 39.6 Å². The van der Waals surface area contributed by atoms with E-state index < -0.39 is 0 Å². The van der Waals surface area contributed by atoms with Crippen LogP contribution in [0.2, 0.25) is 5.02 Å². The Bertz CT molecular complexity index is 969. The van der Waals surface area contributed by atoms with Gasteiger partial charge in [-0.25, -0.2) is 14.4 Å². The molecule has 0 aliphatic heterocycles. The number of halogens is 2. The maximum Gasteiger partial charge on any atom is 0.144 e. The van der Waals surface area contributed by atoms with Crippen molar-refractivity contribution in [3.05, 3.63) is 77.7 Å². The number of benzene rings is 1. The summed E-state index contributed by atoms with van der Waals surface area (Å²) in [5.74, 6) is 0.113. The molecule has 0 amide bonds. The summed E-state index contributed by atoms with van der Waals surface area (Å²) in [7, 11) is 0. The van der Waals surface area contributed by atoms with Gasteiger partial charge < -0.3 is 8.97 Å². The molecule has 0 aliphatic rings. The van der Waals surface area contributed by atoms with Crippen LogP contribution in [-0.2, 0) is 6.54 Å². The predicted molar refractivity (Wildman–Crippen MR) is 86.9 cm³/mol. The van der Waals surface area contributed by atoms with Crippen molar-refractivity contribution in [3.8, 4) is 11.4 Å². The van der Waals surface area contributed by atoms with E-state index in [-0.39, 0.29) is 5.82 Å². The number of nitrogens with zero attached hydrogens (tertiary/aromatic N) is 4. The third-order valence-corrected chi connectivity index (χ3v) is 4.04. The molecule has 0 aliphatic carbocycles. The van der Waals surface area contributed by atoms with Crippen molar-refractivity contribution in [2.75, 3.05) is 0 Å². The summed E-state index contributed by atoms with van der Waals surface area (Å²) >= 11 is 6.16. The van der Waals surface area contributed by atoms with Crippen LogP contribution >= 0.6 is 11.6 Å². The van der Waals surface area contributed by atoms with E-state index in [0.717, 1.165) is 11.3 Å². The van der Waals surface area contributed by atoms with Crippen LogP contribution in [0.4, 0.5) is 4.39 Å². The number of aromatic nitrogens is 4. The van der Waals surface area contributed by atoms with E-state index >= 15 is 0 Å². The van der Waals surface area contributed by atoms with Gasteiger partial charge in [0.2, 0.25) is 0 Å². The molecule has 1 aromatic carbocycles. The minimum atomic E-state index is -0.386. The van der Waals surface area contributed by atoms with E-state index in [4.69, 9.17) is 11.6 Å². The molecule has 0 saturated carbocycles. The van der Waals surface area contributed by atoms with Crippen LogP contribution in [0, 0.1) is 5.82 Å². The number of fused-ring (bicyclic) bond motifs is 1. The molecule has 3 aromatic heterocycles. The molecule has 0 fully saturated rings. The average Bonchev–Trinajstić information content (AvgIpc) is 3.16. The molecule has 4 rings (SSSR count). The van der Waals surface area contributed by atoms with Crippen molar-refractivity contribution in [2.24, 2.45) is 0 Å². The molecule has 114 valence electrons. The van der Waals surface area contributed by atoms with Gasteiger partial charge in [0.1, 0.15) is 17.3 Å². The van der Waals surface area contributed by atoms with Crippen molar-refractivity contribution in [1.29, 1.82) is 0 Å². The van der Waals surface area contributed by atoms with Crippen LogP contribution in [0.3, 0.4) is 0 Å². The van der Waals surface area contributed by atoms with Crippen molar-refractivity contribution in [1.82, 2.24) is 18.9 Å². The van der Waals surface area contributed by atoms with Gasteiger partial charge in [-0.2, -0.15) is 0 Å². The number of hydrogen-bond donors (Lipinski definition) is 0. The summed E-state index contributed by atoms with van der Waals surface area (Å²) in [4.78, 5) is 8.64. The van der Waals surface area contributed by atoms with Crippen molar-refractivity contribution in [2.45, 2.75) is 6.54 Å². The Hall–Kier alpha value is -2.66. The molecule has 23 heavy (non-hydrogen) atoms. The third kappa shape index (κ3) is 2.39. The molecule has 0 saturated heterocycles. The molecular formula is C17H12ClFN4. The zero-order chi connectivity index (χ0) is 15.8. The predicted octanol–water partition coefficient (Wildman–Crippen LogP) is 4.04. The molecular weight excluding hydrogens is 315 g/mol. The molecule has 0 radical (unpaired) electrons. The number of rotatable bonds is 3. The van der Waals surface area contributed by atoms with E-state index in [1.165, 1.54) is 6.07 Å². The lowest BCUT2D eigenvalue weighted by Crippen LogP contribution is -2.04. The summed E-state index contributed by atoms with van der Waals surface area (Å²) in [5, 5.41) is 0.343. The van der Waals surface area contributed by atoms with E-state index in [1.54, 1.807) is 24.5 Å². The van der Waals surface area contributed by atoms with Crippen LogP contribution < -0.4 is 0 Å². The standard InChI is InChI=1S/C17H12ClFN4/c18-13-4-3-5-14(19)16(13)17-20-7-9-22(17)11-12-10-21-15-6-1-2-8-23(12)15/h1-10H,11H2. The first-order valence-corrected chi connectivity index (χ1v) is 7.48. The number of pyridine rings is 1. The zero-order valence-electron chi connectivity index (χ0n) is 12.0. The number of imidazole rings is 2. The first-order chi connectivity index (χ1) is 11.2. The van der Waals surface area contributed by atoms with E-state index in [2.05, 4.69) is 9.97 Å². The lowest BCUT2D eigenvalue weighted by atomic mass is 10.2. The van der Waals surface area contributed by atoms with Crippen LogP contribution in [0.15, 0.2) is 61.2 Å². The van der Waals surface area contributed by atoms with Gasteiger partial charge in [-0.05, 0) is 24.3 Å². The molecule has 4 aromatic rings. The summed E-state index contributed by atoms with van der Waals surface area (Å²) in [6.45, 7) is 0.519. The first kappa shape index (κ1) is 14.0. The fourth-order valence-corrected chi connectivity index (χ4v) is 2.90. The molecule has 4 nitrogen and oxygen atoms in total. The lowest BCUT2D eigenvalue weighted by molar-refractivity contribution is 0.627. The summed E-state index contributed by atoms with van der Waals surface area (Å²) < 4.78 is 18.0. The smallest absolute Gasteiger partial charge is 0.144 e. The molecule has 0 N–H and O–H groups in total. The SMILES string of the molecule is Fc1cccc(Cl)c1-c1nccn1Cc1cnc2ccccn12. The zero-order valence-corrected chi connectivity index (χ0v) is 12.8. The quantitative estimate of drug-likeness (QED) is 0.569. The van der Waals surface area contributed by atoms with Gasteiger partial charge in [0, 0.05) is 18.6 Å². The normalized spacial score (nSPS) is 11.2. The maximum atomic E-state index is 14.2. The fraction of sp³-hybridized carbons (Fsp3) is 0.0588. The Labute approximate surface area is 136 Å². The van der Waals surface area contributed by atoms with Gasteiger partial charge in [-0.3, -0.25) is 0 Å². The van der Waals surface area contributed by atoms with Crippen LogP contribution in [0.25, 0.3) is 17.0 Å². The largest absolute Gasteiger partial charge is 0.325 e. The monoisotopic (exact) mass is 326 g/mol. The molecule has 0 bridgehead atoms. The van der Waals surface area contributed by atoms with Gasteiger partial charge in [-0.1, -0.05) is 23.7 Å². The van der Waals surface area contributed by atoms with Crippen molar-refractivity contribution < 1.29 is 4.39 Å². The van der Waals surface area contributed by atoms with Crippen LogP contribution in [0.1, 0.15) is 5.69 Å². The Morgan fingerprint density at radius 2 is 1.96 bits per heavy atom. The second-order valence-electron chi connectivity index (χ2n) is 5.15. The minimum absolute atomic E-state index is 0.313. The summed E-state index contributed by atoms with van der Waals surface area (Å²) in [6.07, 6.45) is 7.20. The highest BCUT2D eigenvalue weighted by molar-refractivity contribution is 6.33. The lowest BCUT2D eigenvalue weighted by Gasteiger charge is -2.10. The van der Waals surface area contributed by atoms with Crippen LogP contribution in [0.5, 0.6) is 0 Å². The maximum absolute atomic E-state index is 14.2. The van der Waals surface area contributed by atoms with Gasteiger partial charge in [0.05, 0.1) is 29.0 Å². The van der Waals surface area contributed by atoms with Crippen molar-refractivity contribution in [3.63, 3.8) is 0 Å². The van der Waals surface area contributed by atoms with Crippen LogP contribution in [-0.4, -0.2) is 18.9 Å². The Morgan fingerprint density at radius 3 is 2.83 bits per heavy atom. The first-order valence-electron chi connectivity index (χ1n) is 7.10. The Morgan fingerprint density at radius 1 is 1.04 bits per heavy atom. The van der Waals surface area contributed by atoms with E-state index in [0.29, 0.717) is 23.0 Å². The molecule has 3 heterocycles. The summed E-state index contributed by atoms with van der Waals surface area (Å²) in [5.41, 5.74) is 2.16. The second kappa shape index (κ2) is 5.52. The fourth-order valence-electron chi connectivity index (χ4n) is 2.65. The minimum Gasteiger partial charge on any atom is -0.325 e. The highest BCUT2D eigenvalue weighted by Gasteiger charge is 2.15. The van der Waals surface area contributed by atoms with Gasteiger partial charge >= 0.3 is 0 Å². The second-order valence-corrected chi connectivity index (χ2v) is 5.56. The highest BCUT2D eigenvalue weighted by atomic mass is 35.5.